The molecule has 2 rings (SSSR count). The van der Waals surface area contributed by atoms with E-state index >= 15 is 0 Å². The van der Waals surface area contributed by atoms with Crippen molar-refractivity contribution in [2.75, 3.05) is 0 Å². The van der Waals surface area contributed by atoms with Crippen LogP contribution in [0.1, 0.15) is 53.4 Å². The summed E-state index contributed by atoms with van der Waals surface area (Å²) in [6, 6.07) is 11.3. The quantitative estimate of drug-likeness (QED) is 0.581. The highest BCUT2D eigenvalue weighted by atomic mass is 31.1. The minimum Gasteiger partial charge on any atom is -0.288 e. The minimum atomic E-state index is -1.66. The van der Waals surface area contributed by atoms with Crippen LogP contribution in [0.25, 0.3) is 0 Å². The first-order valence-corrected chi connectivity index (χ1v) is 9.08. The molecule has 0 saturated heterocycles. The number of carbonyl (C=O) groups is 1. The van der Waals surface area contributed by atoms with Gasteiger partial charge in [-0.3, -0.25) is 4.79 Å². The Bertz CT molecular complexity index is 759. The van der Waals surface area contributed by atoms with Crippen LogP contribution in [-0.4, -0.2) is 10.9 Å². The van der Waals surface area contributed by atoms with Crippen molar-refractivity contribution in [3.8, 4) is 0 Å². The van der Waals surface area contributed by atoms with Gasteiger partial charge < -0.3 is 0 Å². The fourth-order valence-corrected chi connectivity index (χ4v) is 4.22. The van der Waals surface area contributed by atoms with Crippen LogP contribution in [0, 0.1) is 20.8 Å². The van der Waals surface area contributed by atoms with Crippen molar-refractivity contribution in [3.63, 3.8) is 0 Å². The fraction of sp³-hybridized carbons (Fsp3) is 0.350. The lowest BCUT2D eigenvalue weighted by Gasteiger charge is -2.12. The number of rotatable bonds is 3. The molecule has 120 valence electrons. The SMILES string of the molecule is Cc1cc(C)c(C(=O)c2ccccc2[P+](=O)C(C)(C)C)c(C)c1. The lowest BCUT2D eigenvalue weighted by Crippen LogP contribution is -2.21. The van der Waals surface area contributed by atoms with Crippen molar-refractivity contribution in [2.24, 2.45) is 0 Å². The van der Waals surface area contributed by atoms with Crippen molar-refractivity contribution >= 4 is 18.9 Å². The van der Waals surface area contributed by atoms with Crippen LogP contribution in [-0.2, 0) is 4.57 Å². The third-order valence-corrected chi connectivity index (χ3v) is 5.93. The molecule has 0 saturated carbocycles. The monoisotopic (exact) mass is 327 g/mol. The van der Waals surface area contributed by atoms with Crippen molar-refractivity contribution in [2.45, 2.75) is 46.7 Å². The van der Waals surface area contributed by atoms with Gasteiger partial charge in [-0.05, 0) is 64.8 Å². The average Bonchev–Trinajstić information content (AvgIpc) is 2.44. The standard InChI is InChI=1S/C20H24O2P/c1-13-11-14(2)18(15(3)12-13)19(21)16-9-7-8-10-17(16)23(22)20(4,5)6/h7-12H,1-6H3/q+1. The van der Waals surface area contributed by atoms with E-state index in [0.29, 0.717) is 10.9 Å². The van der Waals surface area contributed by atoms with Gasteiger partial charge in [0.25, 0.3) is 0 Å². The molecule has 23 heavy (non-hydrogen) atoms. The predicted octanol–water partition coefficient (Wildman–Crippen LogP) is 5.09. The molecule has 0 aliphatic heterocycles. The molecular weight excluding hydrogens is 303 g/mol. The van der Waals surface area contributed by atoms with Gasteiger partial charge in [0.2, 0.25) is 5.30 Å². The summed E-state index contributed by atoms with van der Waals surface area (Å²) in [4.78, 5) is 13.1. The number of carbonyl (C=O) groups excluding carboxylic acids is 1. The number of benzene rings is 2. The molecule has 0 radical (unpaired) electrons. The summed E-state index contributed by atoms with van der Waals surface area (Å²) in [5.74, 6) is -0.0387. The fourth-order valence-electron chi connectivity index (χ4n) is 2.88. The summed E-state index contributed by atoms with van der Waals surface area (Å²) in [5, 5.41) is 0.280. The van der Waals surface area contributed by atoms with Gasteiger partial charge in [0.15, 0.2) is 10.9 Å². The van der Waals surface area contributed by atoms with Crippen molar-refractivity contribution < 1.29 is 9.36 Å². The van der Waals surface area contributed by atoms with Crippen molar-refractivity contribution in [1.29, 1.82) is 0 Å². The maximum absolute atomic E-state index is 13.1. The van der Waals surface area contributed by atoms with Gasteiger partial charge >= 0.3 is 7.80 Å². The maximum atomic E-state index is 13.1. The van der Waals surface area contributed by atoms with E-state index in [2.05, 4.69) is 0 Å². The number of hydrogen-bond donors (Lipinski definition) is 0. The van der Waals surface area contributed by atoms with E-state index < -0.39 is 7.80 Å². The second-order valence-corrected chi connectivity index (χ2v) is 9.50. The predicted molar refractivity (Wildman–Crippen MR) is 97.5 cm³/mol. The van der Waals surface area contributed by atoms with E-state index in [9.17, 15) is 9.36 Å². The van der Waals surface area contributed by atoms with Gasteiger partial charge in [-0.15, -0.1) is 0 Å². The van der Waals surface area contributed by atoms with E-state index in [1.165, 1.54) is 0 Å². The molecule has 1 unspecified atom stereocenters. The summed E-state index contributed by atoms with van der Waals surface area (Å²) in [6.07, 6.45) is 0. The van der Waals surface area contributed by atoms with Gasteiger partial charge in [0.1, 0.15) is 0 Å². The molecule has 0 amide bonds. The Hall–Kier alpha value is -1.79. The molecular formula is C20H24O2P+. The summed E-state index contributed by atoms with van der Waals surface area (Å²) in [5.41, 5.74) is 4.35. The number of aryl methyl sites for hydroxylation is 3. The molecule has 0 aliphatic rings. The van der Waals surface area contributed by atoms with E-state index in [4.69, 9.17) is 0 Å². The van der Waals surface area contributed by atoms with Crippen LogP contribution in [0.5, 0.6) is 0 Å². The molecule has 1 atom stereocenters. The first-order valence-electron chi connectivity index (χ1n) is 7.82. The van der Waals surface area contributed by atoms with Crippen LogP contribution < -0.4 is 5.30 Å². The molecule has 0 heterocycles. The number of hydrogen-bond acceptors (Lipinski definition) is 2. The molecule has 2 aromatic rings. The summed E-state index contributed by atoms with van der Waals surface area (Å²) < 4.78 is 12.8. The van der Waals surface area contributed by atoms with Gasteiger partial charge in [-0.2, -0.15) is 0 Å². The maximum Gasteiger partial charge on any atom is 0.383 e. The Morgan fingerprint density at radius 3 is 2.00 bits per heavy atom. The van der Waals surface area contributed by atoms with E-state index in [0.717, 1.165) is 22.3 Å². The average molecular weight is 327 g/mol. The van der Waals surface area contributed by atoms with Crippen LogP contribution in [0.4, 0.5) is 0 Å². The highest BCUT2D eigenvalue weighted by Crippen LogP contribution is 2.38. The molecule has 0 fully saturated rings. The zero-order chi connectivity index (χ0) is 17.4. The Labute approximate surface area is 139 Å². The topological polar surface area (TPSA) is 34.1 Å². The Morgan fingerprint density at radius 1 is 0.957 bits per heavy atom. The molecule has 0 N–H and O–H groups in total. The normalized spacial score (nSPS) is 12.2. The van der Waals surface area contributed by atoms with Gasteiger partial charge in [-0.1, -0.05) is 34.4 Å². The molecule has 0 aromatic heterocycles. The Kier molecular flexibility index (Phi) is 4.87. The van der Waals surface area contributed by atoms with Crippen LogP contribution in [0.2, 0.25) is 0 Å². The largest absolute Gasteiger partial charge is 0.383 e. The third kappa shape index (κ3) is 3.59. The van der Waals surface area contributed by atoms with Crippen LogP contribution in [0.3, 0.4) is 0 Å². The summed E-state index contributed by atoms with van der Waals surface area (Å²) in [6.45, 7) is 11.8. The lowest BCUT2D eigenvalue weighted by atomic mass is 9.93. The highest BCUT2D eigenvalue weighted by Gasteiger charge is 2.39. The van der Waals surface area contributed by atoms with Crippen molar-refractivity contribution in [3.05, 3.63) is 64.2 Å². The molecule has 0 spiro atoms. The van der Waals surface area contributed by atoms with Gasteiger partial charge in [-0.25, -0.2) is 0 Å². The molecule has 2 nitrogen and oxygen atoms in total. The smallest absolute Gasteiger partial charge is 0.288 e. The Balaban J connectivity index is 2.61. The first-order chi connectivity index (χ1) is 10.6. The lowest BCUT2D eigenvalue weighted by molar-refractivity contribution is 0.103. The minimum absolute atomic E-state index is 0.0387. The van der Waals surface area contributed by atoms with Gasteiger partial charge in [0.05, 0.1) is 5.56 Å². The third-order valence-electron chi connectivity index (χ3n) is 3.88. The van der Waals surface area contributed by atoms with Gasteiger partial charge in [0, 0.05) is 5.56 Å². The zero-order valence-corrected chi connectivity index (χ0v) is 15.6. The first kappa shape index (κ1) is 17.6. The molecule has 0 aliphatic carbocycles. The molecule has 3 heteroatoms. The number of ketones is 1. The van der Waals surface area contributed by atoms with E-state index in [1.54, 1.807) is 6.07 Å². The van der Waals surface area contributed by atoms with E-state index in [1.807, 2.05) is 71.9 Å². The van der Waals surface area contributed by atoms with Crippen molar-refractivity contribution in [1.82, 2.24) is 0 Å². The van der Waals surface area contributed by atoms with E-state index in [-0.39, 0.29) is 10.9 Å². The molecule has 2 aromatic carbocycles. The molecule has 0 bridgehead atoms. The summed E-state index contributed by atoms with van der Waals surface area (Å²) >= 11 is 0. The zero-order valence-electron chi connectivity index (χ0n) is 14.7. The highest BCUT2D eigenvalue weighted by molar-refractivity contribution is 7.55. The van der Waals surface area contributed by atoms with Crippen LogP contribution in [0.15, 0.2) is 36.4 Å². The van der Waals surface area contributed by atoms with Crippen LogP contribution >= 0.6 is 7.80 Å². The Morgan fingerprint density at radius 2 is 1.48 bits per heavy atom. The summed E-state index contributed by atoms with van der Waals surface area (Å²) in [7, 11) is -1.66. The second kappa shape index (κ2) is 6.37. The second-order valence-electron chi connectivity index (χ2n) is 7.09.